The fourth-order valence-electron chi connectivity index (χ4n) is 2.51. The van der Waals surface area contributed by atoms with Gasteiger partial charge in [-0.05, 0) is 56.0 Å². The van der Waals surface area contributed by atoms with Crippen molar-refractivity contribution in [2.75, 3.05) is 0 Å². The first-order chi connectivity index (χ1) is 8.88. The Bertz CT molecular complexity index is 599. The van der Waals surface area contributed by atoms with Gasteiger partial charge in [-0.15, -0.1) is 0 Å². The van der Waals surface area contributed by atoms with Crippen molar-refractivity contribution in [2.45, 2.75) is 40.2 Å². The smallest absolute Gasteiger partial charge is 0.0847 e. The van der Waals surface area contributed by atoms with E-state index in [-0.39, 0.29) is 0 Å². The van der Waals surface area contributed by atoms with Crippen molar-refractivity contribution in [3.8, 4) is 0 Å². The Morgan fingerprint density at radius 2 is 1.68 bits per heavy atom. The molecule has 0 amide bonds. The Morgan fingerprint density at radius 3 is 2.26 bits per heavy atom. The number of aryl methyl sites for hydroxylation is 5. The molecule has 1 N–H and O–H groups in total. The van der Waals surface area contributed by atoms with Crippen LogP contribution >= 0.6 is 0 Å². The largest absolute Gasteiger partial charge is 0.388 e. The normalized spacial score (nSPS) is 12.7. The Morgan fingerprint density at radius 1 is 1.05 bits per heavy atom. The average Bonchev–Trinajstić information content (AvgIpc) is 2.62. The number of hydrogen-bond donors (Lipinski definition) is 1. The Hall–Kier alpha value is -1.61. The van der Waals surface area contributed by atoms with E-state index in [9.17, 15) is 5.11 Å². The van der Waals surface area contributed by atoms with Crippen LogP contribution in [0.15, 0.2) is 18.2 Å². The third-order valence-electron chi connectivity index (χ3n) is 3.74. The first-order valence-electron chi connectivity index (χ1n) is 6.64. The number of aliphatic hydroxyl groups excluding tert-OH is 1. The van der Waals surface area contributed by atoms with Crippen molar-refractivity contribution in [3.63, 3.8) is 0 Å². The van der Waals surface area contributed by atoms with E-state index in [1.54, 1.807) is 0 Å². The molecule has 3 heteroatoms. The van der Waals surface area contributed by atoms with Crippen molar-refractivity contribution in [1.82, 2.24) is 9.78 Å². The fourth-order valence-corrected chi connectivity index (χ4v) is 2.51. The van der Waals surface area contributed by atoms with Gasteiger partial charge in [-0.3, -0.25) is 4.68 Å². The summed E-state index contributed by atoms with van der Waals surface area (Å²) in [5.74, 6) is 0. The maximum Gasteiger partial charge on any atom is 0.0847 e. The number of aromatic nitrogens is 2. The fraction of sp³-hybridized carbons (Fsp3) is 0.438. The van der Waals surface area contributed by atoms with E-state index in [0.717, 1.165) is 22.5 Å². The summed E-state index contributed by atoms with van der Waals surface area (Å²) in [5.41, 5.74) is 6.70. The van der Waals surface area contributed by atoms with Gasteiger partial charge in [-0.1, -0.05) is 12.1 Å². The zero-order valence-corrected chi connectivity index (χ0v) is 12.4. The molecule has 2 rings (SSSR count). The van der Waals surface area contributed by atoms with Crippen LogP contribution in [-0.2, 0) is 13.5 Å². The van der Waals surface area contributed by atoms with Gasteiger partial charge in [0, 0.05) is 19.2 Å². The number of aliphatic hydroxyl groups is 1. The molecular formula is C16H22N2O. The molecule has 1 unspecified atom stereocenters. The van der Waals surface area contributed by atoms with Crippen molar-refractivity contribution >= 4 is 0 Å². The standard InChI is InChI=1S/C16H22N2O/c1-10-6-12(3)15(7-11(10)2)16(19)9-14-8-13(4)17-18(14)5/h6-8,16,19H,9H2,1-5H3. The average molecular weight is 258 g/mol. The quantitative estimate of drug-likeness (QED) is 0.919. The minimum atomic E-state index is -0.478. The molecule has 0 spiro atoms. The predicted octanol–water partition coefficient (Wildman–Crippen LogP) is 2.93. The van der Waals surface area contributed by atoms with Crippen LogP contribution in [0, 0.1) is 27.7 Å². The molecule has 2 aromatic rings. The number of benzene rings is 1. The summed E-state index contributed by atoms with van der Waals surface area (Å²) >= 11 is 0. The zero-order valence-electron chi connectivity index (χ0n) is 12.4. The summed E-state index contributed by atoms with van der Waals surface area (Å²) in [6.07, 6.45) is 0.120. The molecule has 0 aliphatic rings. The third-order valence-corrected chi connectivity index (χ3v) is 3.74. The molecule has 1 aromatic heterocycles. The van der Waals surface area contributed by atoms with E-state index in [2.05, 4.69) is 38.0 Å². The van der Waals surface area contributed by atoms with Gasteiger partial charge in [0.2, 0.25) is 0 Å². The highest BCUT2D eigenvalue weighted by Crippen LogP contribution is 2.24. The number of rotatable bonds is 3. The third kappa shape index (κ3) is 2.87. The molecule has 1 heterocycles. The van der Waals surface area contributed by atoms with Gasteiger partial charge in [0.05, 0.1) is 11.8 Å². The Labute approximate surface area is 114 Å². The summed E-state index contributed by atoms with van der Waals surface area (Å²) in [5, 5.41) is 14.8. The highest BCUT2D eigenvalue weighted by molar-refractivity contribution is 5.38. The van der Waals surface area contributed by atoms with Crippen LogP contribution in [0.4, 0.5) is 0 Å². The molecule has 3 nitrogen and oxygen atoms in total. The summed E-state index contributed by atoms with van der Waals surface area (Å²) in [6, 6.07) is 6.26. The zero-order chi connectivity index (χ0) is 14.2. The van der Waals surface area contributed by atoms with Crippen molar-refractivity contribution < 1.29 is 5.11 Å². The van der Waals surface area contributed by atoms with Crippen LogP contribution in [0.5, 0.6) is 0 Å². The maximum absolute atomic E-state index is 10.5. The second-order valence-corrected chi connectivity index (χ2v) is 5.41. The van der Waals surface area contributed by atoms with Gasteiger partial charge in [-0.25, -0.2) is 0 Å². The van der Waals surface area contributed by atoms with Gasteiger partial charge < -0.3 is 5.11 Å². The lowest BCUT2D eigenvalue weighted by atomic mass is 9.95. The molecule has 1 atom stereocenters. The molecule has 0 aliphatic heterocycles. The van der Waals surface area contributed by atoms with Crippen LogP contribution < -0.4 is 0 Å². The lowest BCUT2D eigenvalue weighted by molar-refractivity contribution is 0.175. The van der Waals surface area contributed by atoms with Crippen molar-refractivity contribution in [3.05, 3.63) is 51.8 Å². The summed E-state index contributed by atoms with van der Waals surface area (Å²) in [6.45, 7) is 8.21. The molecular weight excluding hydrogens is 236 g/mol. The highest BCUT2D eigenvalue weighted by atomic mass is 16.3. The van der Waals surface area contributed by atoms with Crippen LogP contribution in [0.2, 0.25) is 0 Å². The van der Waals surface area contributed by atoms with Gasteiger partial charge >= 0.3 is 0 Å². The van der Waals surface area contributed by atoms with E-state index in [1.165, 1.54) is 11.1 Å². The van der Waals surface area contributed by atoms with Crippen molar-refractivity contribution in [1.29, 1.82) is 0 Å². The minimum absolute atomic E-state index is 0.478. The molecule has 0 radical (unpaired) electrons. The first kappa shape index (κ1) is 13.8. The highest BCUT2D eigenvalue weighted by Gasteiger charge is 2.15. The SMILES string of the molecule is Cc1cc(CC(O)c2cc(C)c(C)cc2C)n(C)n1. The van der Waals surface area contributed by atoms with E-state index in [1.807, 2.05) is 24.7 Å². The van der Waals surface area contributed by atoms with Gasteiger partial charge in [-0.2, -0.15) is 5.10 Å². The van der Waals surface area contributed by atoms with Crippen LogP contribution in [-0.4, -0.2) is 14.9 Å². The monoisotopic (exact) mass is 258 g/mol. The second kappa shape index (κ2) is 5.17. The molecule has 102 valence electrons. The molecule has 0 saturated carbocycles. The van der Waals surface area contributed by atoms with Crippen LogP contribution in [0.1, 0.15) is 39.7 Å². The number of nitrogens with zero attached hydrogens (tertiary/aromatic N) is 2. The lowest BCUT2D eigenvalue weighted by Crippen LogP contribution is -2.08. The summed E-state index contributed by atoms with van der Waals surface area (Å²) in [7, 11) is 1.92. The topological polar surface area (TPSA) is 38.0 Å². The van der Waals surface area contributed by atoms with Gasteiger partial charge in [0.1, 0.15) is 0 Å². The van der Waals surface area contributed by atoms with Crippen molar-refractivity contribution in [2.24, 2.45) is 7.05 Å². The molecule has 1 aromatic carbocycles. The van der Waals surface area contributed by atoms with E-state index in [4.69, 9.17) is 0 Å². The molecule has 0 aliphatic carbocycles. The van der Waals surface area contributed by atoms with E-state index in [0.29, 0.717) is 6.42 Å². The molecule has 0 saturated heterocycles. The number of hydrogen-bond acceptors (Lipinski definition) is 2. The first-order valence-corrected chi connectivity index (χ1v) is 6.64. The van der Waals surface area contributed by atoms with Crippen LogP contribution in [0.3, 0.4) is 0 Å². The lowest BCUT2D eigenvalue weighted by Gasteiger charge is -2.16. The molecule has 0 bridgehead atoms. The maximum atomic E-state index is 10.5. The van der Waals surface area contributed by atoms with Gasteiger partial charge in [0.15, 0.2) is 0 Å². The van der Waals surface area contributed by atoms with E-state index < -0.39 is 6.10 Å². The minimum Gasteiger partial charge on any atom is -0.388 e. The second-order valence-electron chi connectivity index (χ2n) is 5.41. The Balaban J connectivity index is 2.27. The summed E-state index contributed by atoms with van der Waals surface area (Å²) < 4.78 is 1.84. The van der Waals surface area contributed by atoms with Gasteiger partial charge in [0.25, 0.3) is 0 Å². The predicted molar refractivity (Wildman–Crippen MR) is 77.3 cm³/mol. The summed E-state index contributed by atoms with van der Waals surface area (Å²) in [4.78, 5) is 0. The Kier molecular flexibility index (Phi) is 3.76. The van der Waals surface area contributed by atoms with E-state index >= 15 is 0 Å². The molecule has 19 heavy (non-hydrogen) atoms. The van der Waals surface area contributed by atoms with Crippen LogP contribution in [0.25, 0.3) is 0 Å². The molecule has 0 fully saturated rings.